The minimum absolute atomic E-state index is 0.252. The van der Waals surface area contributed by atoms with Gasteiger partial charge in [0.05, 0.1) is 5.56 Å². The van der Waals surface area contributed by atoms with E-state index >= 15 is 0 Å². The molecule has 2 aromatic carbocycles. The van der Waals surface area contributed by atoms with E-state index in [1.807, 2.05) is 0 Å². The highest BCUT2D eigenvalue weighted by Crippen LogP contribution is 2.32. The lowest BCUT2D eigenvalue weighted by Gasteiger charge is -2.06. The zero-order valence-corrected chi connectivity index (χ0v) is 9.84. The maximum atomic E-state index is 11.0. The van der Waals surface area contributed by atoms with Gasteiger partial charge in [-0.15, -0.1) is 0 Å². The number of halogens is 2. The maximum Gasteiger partial charge on any atom is 0.336 e. The predicted molar refractivity (Wildman–Crippen MR) is 63.6 cm³/mol. The molecule has 0 saturated heterocycles. The van der Waals surface area contributed by atoms with E-state index in [2.05, 4.69) is 15.9 Å². The Bertz CT molecular complexity index is 552. The molecule has 2 aromatic rings. The highest BCUT2D eigenvalue weighted by molar-refractivity contribution is 9.10. The third-order valence-corrected chi connectivity index (χ3v) is 3.16. The van der Waals surface area contributed by atoms with Crippen molar-refractivity contribution >= 4 is 44.3 Å². The number of fused-ring (bicyclic) bond motifs is 1. The third kappa shape index (κ3) is 1.73. The van der Waals surface area contributed by atoms with Gasteiger partial charge >= 0.3 is 5.97 Å². The largest absolute Gasteiger partial charge is 0.478 e. The number of carbonyl (C=O) groups is 1. The van der Waals surface area contributed by atoms with Gasteiger partial charge < -0.3 is 5.11 Å². The zero-order valence-electron chi connectivity index (χ0n) is 7.50. The van der Waals surface area contributed by atoms with Crippen molar-refractivity contribution < 1.29 is 9.90 Å². The van der Waals surface area contributed by atoms with Crippen LogP contribution in [0.15, 0.2) is 34.8 Å². The van der Waals surface area contributed by atoms with Gasteiger partial charge in [0.2, 0.25) is 0 Å². The van der Waals surface area contributed by atoms with Crippen LogP contribution < -0.4 is 0 Å². The minimum Gasteiger partial charge on any atom is -0.478 e. The number of carboxylic acids is 1. The summed E-state index contributed by atoms with van der Waals surface area (Å²) >= 11 is 9.32. The van der Waals surface area contributed by atoms with E-state index < -0.39 is 5.97 Å². The molecule has 0 fully saturated rings. The molecular formula is C11H6BrClO2. The second-order valence-corrected chi connectivity index (χ2v) is 4.32. The monoisotopic (exact) mass is 284 g/mol. The van der Waals surface area contributed by atoms with Gasteiger partial charge in [-0.2, -0.15) is 0 Å². The first kappa shape index (κ1) is 10.5. The average molecular weight is 286 g/mol. The summed E-state index contributed by atoms with van der Waals surface area (Å²) in [6.07, 6.45) is 0. The summed E-state index contributed by atoms with van der Waals surface area (Å²) in [4.78, 5) is 11.0. The van der Waals surface area contributed by atoms with Gasteiger partial charge in [-0.25, -0.2) is 4.79 Å². The second-order valence-electron chi connectivity index (χ2n) is 3.06. The molecule has 0 radical (unpaired) electrons. The van der Waals surface area contributed by atoms with Gasteiger partial charge in [-0.05, 0) is 18.2 Å². The van der Waals surface area contributed by atoms with Crippen molar-refractivity contribution in [3.8, 4) is 0 Å². The van der Waals surface area contributed by atoms with Crippen molar-refractivity contribution in [3.05, 3.63) is 45.4 Å². The highest BCUT2D eigenvalue weighted by atomic mass is 79.9. The normalized spacial score (nSPS) is 10.5. The van der Waals surface area contributed by atoms with Crippen LogP contribution in [0.1, 0.15) is 10.4 Å². The number of benzene rings is 2. The van der Waals surface area contributed by atoms with Crippen LogP contribution in [0.4, 0.5) is 0 Å². The van der Waals surface area contributed by atoms with Gasteiger partial charge in [0.15, 0.2) is 0 Å². The number of rotatable bonds is 1. The Morgan fingerprint density at radius 1 is 1.27 bits per heavy atom. The summed E-state index contributed by atoms with van der Waals surface area (Å²) in [7, 11) is 0. The molecule has 0 aromatic heterocycles. The third-order valence-electron chi connectivity index (χ3n) is 2.17. The number of carboxylic acid groups (broad SMARTS) is 1. The van der Waals surface area contributed by atoms with Gasteiger partial charge in [0, 0.05) is 20.3 Å². The first-order chi connectivity index (χ1) is 7.11. The molecule has 0 bridgehead atoms. The lowest BCUT2D eigenvalue weighted by Crippen LogP contribution is -1.97. The Kier molecular flexibility index (Phi) is 2.67. The molecule has 2 rings (SSSR count). The van der Waals surface area contributed by atoms with Crippen molar-refractivity contribution in [2.45, 2.75) is 0 Å². The Labute approximate surface area is 99.6 Å². The van der Waals surface area contributed by atoms with Crippen molar-refractivity contribution in [1.82, 2.24) is 0 Å². The number of hydrogen-bond donors (Lipinski definition) is 1. The highest BCUT2D eigenvalue weighted by Gasteiger charge is 2.12. The van der Waals surface area contributed by atoms with Crippen LogP contribution in [-0.2, 0) is 0 Å². The number of hydrogen-bond acceptors (Lipinski definition) is 1. The molecular weight excluding hydrogens is 279 g/mol. The Morgan fingerprint density at radius 2 is 2.00 bits per heavy atom. The fourth-order valence-corrected chi connectivity index (χ4v) is 2.29. The molecule has 4 heteroatoms. The fourth-order valence-electron chi connectivity index (χ4n) is 1.51. The zero-order chi connectivity index (χ0) is 11.0. The van der Waals surface area contributed by atoms with Crippen LogP contribution in [0.2, 0.25) is 5.02 Å². The van der Waals surface area contributed by atoms with Gasteiger partial charge in [0.25, 0.3) is 0 Å². The standard InChI is InChI=1S/C11H6BrClO2/c12-8-4-5-9(13)6-2-1-3-7(10(6)8)11(14)15/h1-5H,(H,14,15). The van der Waals surface area contributed by atoms with E-state index in [4.69, 9.17) is 16.7 Å². The molecule has 15 heavy (non-hydrogen) atoms. The molecule has 0 aliphatic heterocycles. The predicted octanol–water partition coefficient (Wildman–Crippen LogP) is 3.95. The van der Waals surface area contributed by atoms with E-state index in [1.165, 1.54) is 0 Å². The first-order valence-corrected chi connectivity index (χ1v) is 5.38. The molecule has 2 nitrogen and oxygen atoms in total. The Balaban J connectivity index is 2.96. The maximum absolute atomic E-state index is 11.0. The van der Waals surface area contributed by atoms with Crippen LogP contribution >= 0.6 is 27.5 Å². The lowest BCUT2D eigenvalue weighted by molar-refractivity contribution is 0.0699. The molecule has 0 aliphatic carbocycles. The molecule has 76 valence electrons. The first-order valence-electron chi connectivity index (χ1n) is 4.21. The molecule has 0 aliphatic rings. The molecule has 0 unspecified atom stereocenters. The lowest BCUT2D eigenvalue weighted by atomic mass is 10.0. The summed E-state index contributed by atoms with van der Waals surface area (Å²) in [5.74, 6) is -0.955. The van der Waals surface area contributed by atoms with E-state index in [0.29, 0.717) is 10.4 Å². The van der Waals surface area contributed by atoms with E-state index in [0.717, 1.165) is 9.86 Å². The van der Waals surface area contributed by atoms with Gasteiger partial charge in [-0.1, -0.05) is 39.7 Å². The van der Waals surface area contributed by atoms with E-state index in [-0.39, 0.29) is 5.56 Å². The molecule has 0 atom stereocenters. The second kappa shape index (κ2) is 3.83. The molecule has 1 N–H and O–H groups in total. The van der Waals surface area contributed by atoms with Crippen molar-refractivity contribution in [1.29, 1.82) is 0 Å². The smallest absolute Gasteiger partial charge is 0.336 e. The Morgan fingerprint density at radius 3 is 2.67 bits per heavy atom. The van der Waals surface area contributed by atoms with Crippen LogP contribution in [-0.4, -0.2) is 11.1 Å². The summed E-state index contributed by atoms with van der Waals surface area (Å²) in [5.41, 5.74) is 0.252. The van der Waals surface area contributed by atoms with Crippen molar-refractivity contribution in [2.24, 2.45) is 0 Å². The average Bonchev–Trinajstić information content (AvgIpc) is 2.23. The van der Waals surface area contributed by atoms with E-state index in [9.17, 15) is 4.79 Å². The summed E-state index contributed by atoms with van der Waals surface area (Å²) in [6.45, 7) is 0. The fraction of sp³-hybridized carbons (Fsp3) is 0. The summed E-state index contributed by atoms with van der Waals surface area (Å²) in [6, 6.07) is 8.53. The molecule has 0 heterocycles. The van der Waals surface area contributed by atoms with Crippen LogP contribution in [0, 0.1) is 0 Å². The molecule has 0 spiro atoms. The topological polar surface area (TPSA) is 37.3 Å². The summed E-state index contributed by atoms with van der Waals surface area (Å²) < 4.78 is 0.736. The SMILES string of the molecule is O=C(O)c1cccc2c(Cl)ccc(Br)c12. The van der Waals surface area contributed by atoms with Crippen molar-refractivity contribution in [3.63, 3.8) is 0 Å². The van der Waals surface area contributed by atoms with Gasteiger partial charge in [0.1, 0.15) is 0 Å². The van der Waals surface area contributed by atoms with Gasteiger partial charge in [-0.3, -0.25) is 0 Å². The minimum atomic E-state index is -0.955. The quantitative estimate of drug-likeness (QED) is 0.861. The van der Waals surface area contributed by atoms with Crippen LogP contribution in [0.5, 0.6) is 0 Å². The van der Waals surface area contributed by atoms with Crippen molar-refractivity contribution in [2.75, 3.05) is 0 Å². The van der Waals surface area contributed by atoms with E-state index in [1.54, 1.807) is 30.3 Å². The molecule has 0 amide bonds. The van der Waals surface area contributed by atoms with Crippen LogP contribution in [0.3, 0.4) is 0 Å². The molecule has 0 saturated carbocycles. The summed E-state index contributed by atoms with van der Waals surface area (Å²) in [5, 5.41) is 11.0. The number of aromatic carboxylic acids is 1. The Hall–Kier alpha value is -1.06. The van der Waals surface area contributed by atoms with Crippen LogP contribution in [0.25, 0.3) is 10.8 Å².